The van der Waals surface area contributed by atoms with Gasteiger partial charge >= 0.3 is 0 Å². The highest BCUT2D eigenvalue weighted by Gasteiger charge is 2.27. The van der Waals surface area contributed by atoms with Crippen molar-refractivity contribution in [2.24, 2.45) is 0 Å². The van der Waals surface area contributed by atoms with Gasteiger partial charge in [-0.3, -0.25) is 9.10 Å². The van der Waals surface area contributed by atoms with E-state index < -0.39 is 10.0 Å². The number of rotatable bonds is 4. The highest BCUT2D eigenvalue weighted by Crippen LogP contribution is 2.28. The fraction of sp³-hybridized carbons (Fsp3) is 0.316. The Morgan fingerprint density at radius 3 is 2.65 bits per heavy atom. The Kier molecular flexibility index (Phi) is 5.39. The van der Waals surface area contributed by atoms with Gasteiger partial charge < -0.3 is 4.90 Å². The Bertz CT molecular complexity index is 944. The highest BCUT2D eigenvalue weighted by molar-refractivity contribution is 9.10. The first-order valence-corrected chi connectivity index (χ1v) is 11.0. The molecule has 3 rings (SSSR count). The van der Waals surface area contributed by atoms with E-state index in [1.165, 1.54) is 4.31 Å². The molecule has 0 radical (unpaired) electrons. The second kappa shape index (κ2) is 7.40. The van der Waals surface area contributed by atoms with Crippen molar-refractivity contribution in [3.05, 3.63) is 58.1 Å². The molecule has 26 heavy (non-hydrogen) atoms. The number of hydrogen-bond donors (Lipinski definition) is 0. The largest absolute Gasteiger partial charge is 0.311 e. The number of halogens is 1. The standard InChI is InChI=1S/C19H21BrN2O3S/c1-14-12-16(9-10-17(14)20)22(26(2,24)25)13-19(23)21-11-5-7-15-6-3-4-8-18(15)21/h3-4,6,8-10,12H,5,7,11,13H2,1-2H3. The summed E-state index contributed by atoms with van der Waals surface area (Å²) < 4.78 is 26.7. The first-order valence-electron chi connectivity index (χ1n) is 8.39. The maximum absolute atomic E-state index is 13.0. The lowest BCUT2D eigenvalue weighted by atomic mass is 10.0. The molecular formula is C19H21BrN2O3S. The molecule has 0 atom stereocenters. The summed E-state index contributed by atoms with van der Waals surface area (Å²) in [6, 6.07) is 13.1. The van der Waals surface area contributed by atoms with Gasteiger partial charge in [0.25, 0.3) is 0 Å². The molecule has 5 nitrogen and oxygen atoms in total. The van der Waals surface area contributed by atoms with Crippen molar-refractivity contribution in [2.45, 2.75) is 19.8 Å². The maximum Gasteiger partial charge on any atom is 0.247 e. The lowest BCUT2D eigenvalue weighted by molar-refractivity contribution is -0.117. The lowest BCUT2D eigenvalue weighted by Crippen LogP contribution is -2.44. The predicted octanol–water partition coefficient (Wildman–Crippen LogP) is 3.50. The van der Waals surface area contributed by atoms with Crippen molar-refractivity contribution in [1.29, 1.82) is 0 Å². The van der Waals surface area contributed by atoms with E-state index >= 15 is 0 Å². The zero-order chi connectivity index (χ0) is 18.9. The Morgan fingerprint density at radius 1 is 1.23 bits per heavy atom. The quantitative estimate of drug-likeness (QED) is 0.736. The average Bonchev–Trinajstić information content (AvgIpc) is 2.60. The predicted molar refractivity (Wildman–Crippen MR) is 108 cm³/mol. The van der Waals surface area contributed by atoms with Crippen LogP contribution >= 0.6 is 15.9 Å². The van der Waals surface area contributed by atoms with Gasteiger partial charge in [0.05, 0.1) is 11.9 Å². The van der Waals surface area contributed by atoms with E-state index in [0.717, 1.165) is 40.4 Å². The van der Waals surface area contributed by atoms with E-state index in [4.69, 9.17) is 0 Å². The van der Waals surface area contributed by atoms with E-state index in [1.54, 1.807) is 23.1 Å². The molecule has 0 aliphatic carbocycles. The summed E-state index contributed by atoms with van der Waals surface area (Å²) in [5.41, 5.74) is 3.40. The molecule has 2 aromatic carbocycles. The molecular weight excluding hydrogens is 416 g/mol. The molecule has 0 bridgehead atoms. The molecule has 0 aromatic heterocycles. The fourth-order valence-electron chi connectivity index (χ4n) is 3.18. The van der Waals surface area contributed by atoms with Crippen molar-refractivity contribution in [1.82, 2.24) is 0 Å². The number of carbonyl (C=O) groups excluding carboxylic acids is 1. The average molecular weight is 437 g/mol. The summed E-state index contributed by atoms with van der Waals surface area (Å²) in [5, 5.41) is 0. The van der Waals surface area contributed by atoms with Crippen LogP contribution in [0.1, 0.15) is 17.5 Å². The van der Waals surface area contributed by atoms with Gasteiger partial charge in [-0.05, 0) is 55.2 Å². The number of amides is 1. The molecule has 0 saturated carbocycles. The second-order valence-electron chi connectivity index (χ2n) is 6.48. The Balaban J connectivity index is 1.91. The topological polar surface area (TPSA) is 57.7 Å². The number of sulfonamides is 1. The maximum atomic E-state index is 13.0. The molecule has 7 heteroatoms. The summed E-state index contributed by atoms with van der Waals surface area (Å²) in [6.07, 6.45) is 2.93. The SMILES string of the molecule is Cc1cc(N(CC(=O)N2CCCc3ccccc32)S(C)(=O)=O)ccc1Br. The smallest absolute Gasteiger partial charge is 0.247 e. The van der Waals surface area contributed by atoms with Crippen molar-refractivity contribution in [3.63, 3.8) is 0 Å². The lowest BCUT2D eigenvalue weighted by Gasteiger charge is -2.32. The van der Waals surface area contributed by atoms with Gasteiger partial charge in [-0.2, -0.15) is 0 Å². The van der Waals surface area contributed by atoms with Crippen LogP contribution in [0, 0.1) is 6.92 Å². The van der Waals surface area contributed by atoms with E-state index in [0.29, 0.717) is 12.2 Å². The van der Waals surface area contributed by atoms with Crippen LogP contribution in [0.4, 0.5) is 11.4 Å². The first-order chi connectivity index (χ1) is 12.3. The minimum Gasteiger partial charge on any atom is -0.311 e. The number of aryl methyl sites for hydroxylation is 2. The van der Waals surface area contributed by atoms with Gasteiger partial charge in [0, 0.05) is 16.7 Å². The molecule has 0 N–H and O–H groups in total. The zero-order valence-electron chi connectivity index (χ0n) is 14.8. The molecule has 2 aromatic rings. The van der Waals surface area contributed by atoms with Crippen LogP contribution in [0.2, 0.25) is 0 Å². The third-order valence-corrected chi connectivity index (χ3v) is 6.55. The first kappa shape index (κ1) is 18.9. The zero-order valence-corrected chi connectivity index (χ0v) is 17.2. The number of fused-ring (bicyclic) bond motifs is 1. The minimum absolute atomic E-state index is 0.214. The Labute approximate surface area is 162 Å². The highest BCUT2D eigenvalue weighted by atomic mass is 79.9. The molecule has 1 heterocycles. The van der Waals surface area contributed by atoms with E-state index in [-0.39, 0.29) is 12.5 Å². The van der Waals surface area contributed by atoms with Gasteiger partial charge in [-0.15, -0.1) is 0 Å². The molecule has 0 fully saturated rings. The summed E-state index contributed by atoms with van der Waals surface area (Å²) in [6.45, 7) is 2.28. The Morgan fingerprint density at radius 2 is 1.96 bits per heavy atom. The van der Waals surface area contributed by atoms with Crippen molar-refractivity contribution in [2.75, 3.05) is 28.6 Å². The van der Waals surface area contributed by atoms with Gasteiger partial charge in [-0.25, -0.2) is 8.42 Å². The molecule has 0 spiro atoms. The third kappa shape index (κ3) is 3.94. The molecule has 1 amide bonds. The number of carbonyl (C=O) groups is 1. The van der Waals surface area contributed by atoms with Crippen molar-refractivity contribution in [3.8, 4) is 0 Å². The monoisotopic (exact) mass is 436 g/mol. The van der Waals surface area contributed by atoms with Crippen molar-refractivity contribution >= 4 is 43.2 Å². The van der Waals surface area contributed by atoms with Crippen LogP contribution in [0.25, 0.3) is 0 Å². The van der Waals surface area contributed by atoms with Crippen molar-refractivity contribution < 1.29 is 13.2 Å². The normalized spacial score (nSPS) is 14.0. The van der Waals surface area contributed by atoms with Gasteiger partial charge in [0.2, 0.25) is 15.9 Å². The number of nitrogens with zero attached hydrogens (tertiary/aromatic N) is 2. The second-order valence-corrected chi connectivity index (χ2v) is 9.24. The summed E-state index contributed by atoms with van der Waals surface area (Å²) in [5.74, 6) is -0.219. The summed E-state index contributed by atoms with van der Waals surface area (Å²) in [4.78, 5) is 14.7. The van der Waals surface area contributed by atoms with E-state index in [2.05, 4.69) is 15.9 Å². The number of para-hydroxylation sites is 1. The Hall–Kier alpha value is -1.86. The number of anilines is 2. The van der Waals surface area contributed by atoms with Crippen LogP contribution < -0.4 is 9.21 Å². The third-order valence-electron chi connectivity index (χ3n) is 4.52. The number of benzene rings is 2. The molecule has 0 saturated heterocycles. The van der Waals surface area contributed by atoms with E-state index in [1.807, 2.05) is 31.2 Å². The van der Waals surface area contributed by atoms with Crippen LogP contribution in [0.15, 0.2) is 46.9 Å². The van der Waals surface area contributed by atoms with Gasteiger partial charge in [-0.1, -0.05) is 34.1 Å². The van der Waals surface area contributed by atoms with Crippen LogP contribution in [-0.4, -0.2) is 33.7 Å². The molecule has 1 aliphatic heterocycles. The van der Waals surface area contributed by atoms with Gasteiger partial charge in [0.1, 0.15) is 6.54 Å². The fourth-order valence-corrected chi connectivity index (χ4v) is 4.27. The van der Waals surface area contributed by atoms with Crippen LogP contribution in [0.3, 0.4) is 0 Å². The molecule has 1 aliphatic rings. The molecule has 138 valence electrons. The van der Waals surface area contributed by atoms with Crippen LogP contribution in [-0.2, 0) is 21.2 Å². The summed E-state index contributed by atoms with van der Waals surface area (Å²) >= 11 is 3.42. The minimum atomic E-state index is -3.59. The van der Waals surface area contributed by atoms with E-state index in [9.17, 15) is 13.2 Å². The van der Waals surface area contributed by atoms with Gasteiger partial charge in [0.15, 0.2) is 0 Å². The van der Waals surface area contributed by atoms with Crippen LogP contribution in [0.5, 0.6) is 0 Å². The molecule has 0 unspecified atom stereocenters. The summed E-state index contributed by atoms with van der Waals surface area (Å²) in [7, 11) is -3.59. The number of hydrogen-bond acceptors (Lipinski definition) is 3.